The number of hydrogen-bond acceptors (Lipinski definition) is 4. The summed E-state index contributed by atoms with van der Waals surface area (Å²) in [6.07, 6.45) is -1.21. The number of carbonyl (C=O) groups is 3. The molecule has 3 N–H and O–H groups in total. The molecule has 2 aromatic carbocycles. The second kappa shape index (κ2) is 12.0. The molecule has 1 aromatic heterocycles. The van der Waals surface area contributed by atoms with Crippen LogP contribution in [0.15, 0.2) is 42.5 Å². The van der Waals surface area contributed by atoms with Gasteiger partial charge in [-0.3, -0.25) is 14.4 Å². The number of hydrogen-bond donors (Lipinski definition) is 3. The number of benzene rings is 2. The Labute approximate surface area is 229 Å². The third kappa shape index (κ3) is 7.14. The quantitative estimate of drug-likeness (QED) is 0.373. The summed E-state index contributed by atoms with van der Waals surface area (Å²) in [5.74, 6) is -3.57. The molecule has 0 radical (unpaired) electrons. The third-order valence-electron chi connectivity index (χ3n) is 6.24. The van der Waals surface area contributed by atoms with Crippen LogP contribution in [0.25, 0.3) is 0 Å². The minimum absolute atomic E-state index is 0.0148. The average Bonchev–Trinajstić information content (AvgIpc) is 3.53. The van der Waals surface area contributed by atoms with E-state index in [0.29, 0.717) is 22.8 Å². The number of amides is 3. The highest BCUT2D eigenvalue weighted by Crippen LogP contribution is 2.31. The first-order valence-electron chi connectivity index (χ1n) is 12.2. The fraction of sp³-hybridized carbons (Fsp3) is 0.308. The van der Waals surface area contributed by atoms with Gasteiger partial charge in [0.1, 0.15) is 18.2 Å². The lowest BCUT2D eigenvalue weighted by Gasteiger charge is -2.18. The van der Waals surface area contributed by atoms with Crippen molar-refractivity contribution >= 4 is 35.1 Å². The van der Waals surface area contributed by atoms with E-state index in [1.165, 1.54) is 28.8 Å². The smallest absolute Gasteiger partial charge is 0.349 e. The van der Waals surface area contributed by atoms with E-state index in [9.17, 15) is 36.3 Å². The number of aromatic nitrogens is 2. The predicted octanol–water partition coefficient (Wildman–Crippen LogP) is 5.07. The molecular weight excluding hydrogens is 561 g/mol. The zero-order chi connectivity index (χ0) is 29.0. The van der Waals surface area contributed by atoms with Gasteiger partial charge in [-0.05, 0) is 55.3 Å². The molecule has 0 unspecified atom stereocenters. The maximum absolute atomic E-state index is 13.7. The molecule has 3 aromatic rings. The van der Waals surface area contributed by atoms with Gasteiger partial charge in [0.25, 0.3) is 11.8 Å². The number of alkyl halides is 3. The van der Waals surface area contributed by atoms with Gasteiger partial charge in [0.15, 0.2) is 5.82 Å². The van der Waals surface area contributed by atoms with E-state index in [1.54, 1.807) is 0 Å². The van der Waals surface area contributed by atoms with E-state index in [2.05, 4.69) is 20.9 Å². The number of halogens is 6. The van der Waals surface area contributed by atoms with Crippen molar-refractivity contribution in [3.8, 4) is 0 Å². The zero-order valence-electron chi connectivity index (χ0n) is 20.7. The Morgan fingerprint density at radius 2 is 1.68 bits per heavy atom. The van der Waals surface area contributed by atoms with Crippen LogP contribution in [-0.4, -0.2) is 33.3 Å². The first kappa shape index (κ1) is 29.0. The number of imidazole rings is 1. The average molecular weight is 584 g/mol. The van der Waals surface area contributed by atoms with Gasteiger partial charge in [0.2, 0.25) is 11.7 Å². The molecule has 40 heavy (non-hydrogen) atoms. The number of fused-ring (bicyclic) bond motifs is 1. The lowest BCUT2D eigenvalue weighted by atomic mass is 10.1. The normalized spacial score (nSPS) is 15.0. The fourth-order valence-corrected chi connectivity index (χ4v) is 4.43. The van der Waals surface area contributed by atoms with Crippen LogP contribution in [0.4, 0.5) is 27.8 Å². The summed E-state index contributed by atoms with van der Waals surface area (Å²) in [6.45, 7) is -0.251. The molecule has 1 saturated carbocycles. The summed E-state index contributed by atoms with van der Waals surface area (Å²) in [4.78, 5) is 41.3. The number of rotatable bonds is 4. The first-order chi connectivity index (χ1) is 18.9. The molecule has 2 heterocycles. The molecule has 3 amide bonds. The Balaban J connectivity index is 0.000000398. The maximum atomic E-state index is 13.7. The van der Waals surface area contributed by atoms with Crippen LogP contribution >= 0.6 is 11.6 Å². The second-order valence-corrected chi connectivity index (χ2v) is 9.60. The Kier molecular flexibility index (Phi) is 8.72. The Morgan fingerprint density at radius 3 is 2.30 bits per heavy atom. The van der Waals surface area contributed by atoms with Gasteiger partial charge in [-0.25, -0.2) is 13.8 Å². The number of carbonyl (C=O) groups excluding carboxylic acids is 3. The van der Waals surface area contributed by atoms with Crippen molar-refractivity contribution in [3.63, 3.8) is 0 Å². The molecule has 1 aliphatic heterocycles. The molecule has 0 bridgehead atoms. The number of nitrogens with zero attached hydrogens (tertiary/aromatic N) is 2. The van der Waals surface area contributed by atoms with Crippen LogP contribution in [0.1, 0.15) is 57.9 Å². The monoisotopic (exact) mass is 583 g/mol. The SMILES string of the molecule is Fc1ccc(Cl)cc1.O=C1Cn2c(C(=O)NC3CCCC3)nc(NC(=O)c3cc(F)cc(C(F)(F)F)c3)c2CN1. The third-order valence-corrected chi connectivity index (χ3v) is 6.50. The second-order valence-electron chi connectivity index (χ2n) is 9.17. The highest BCUT2D eigenvalue weighted by molar-refractivity contribution is 6.30. The largest absolute Gasteiger partial charge is 0.416 e. The molecule has 0 spiro atoms. The molecule has 2 aliphatic rings. The Morgan fingerprint density at radius 1 is 1.00 bits per heavy atom. The van der Waals surface area contributed by atoms with E-state index in [1.807, 2.05) is 0 Å². The first-order valence-corrected chi connectivity index (χ1v) is 12.6. The van der Waals surface area contributed by atoms with Gasteiger partial charge in [-0.15, -0.1) is 0 Å². The number of nitrogens with one attached hydrogen (secondary N) is 3. The van der Waals surface area contributed by atoms with Crippen molar-refractivity contribution < 1.29 is 36.3 Å². The molecular formula is C26H23ClF5N5O3. The zero-order valence-corrected chi connectivity index (χ0v) is 21.5. The molecule has 14 heteroatoms. The van der Waals surface area contributed by atoms with Crippen molar-refractivity contribution in [2.75, 3.05) is 5.32 Å². The van der Waals surface area contributed by atoms with Gasteiger partial charge >= 0.3 is 6.18 Å². The van der Waals surface area contributed by atoms with E-state index >= 15 is 0 Å². The van der Waals surface area contributed by atoms with Gasteiger partial charge < -0.3 is 20.5 Å². The molecule has 212 valence electrons. The van der Waals surface area contributed by atoms with E-state index in [4.69, 9.17) is 11.6 Å². The van der Waals surface area contributed by atoms with Gasteiger partial charge in [0, 0.05) is 16.6 Å². The predicted molar refractivity (Wildman–Crippen MR) is 135 cm³/mol. The van der Waals surface area contributed by atoms with Crippen molar-refractivity contribution in [2.24, 2.45) is 0 Å². The van der Waals surface area contributed by atoms with E-state index in [0.717, 1.165) is 25.7 Å². The highest BCUT2D eigenvalue weighted by atomic mass is 35.5. The summed E-state index contributed by atoms with van der Waals surface area (Å²) in [6, 6.07) is 7.13. The summed E-state index contributed by atoms with van der Waals surface area (Å²) >= 11 is 5.44. The lowest BCUT2D eigenvalue weighted by molar-refractivity contribution is -0.137. The Hall–Kier alpha value is -4.00. The van der Waals surface area contributed by atoms with Gasteiger partial charge in [-0.1, -0.05) is 24.4 Å². The standard InChI is InChI=1S/C20H19F4N5O3.C6H4ClF/c21-12-6-10(5-11(7-12)20(22,23)24)18(31)28-16-14-8-25-15(30)9-29(14)17(27-16)19(32)26-13-3-1-2-4-13;7-5-1-3-6(8)4-2-5/h5-7,13H,1-4,8-9H2,(H,25,30)(H,26,32)(H,28,31);1-4H. The highest BCUT2D eigenvalue weighted by Gasteiger charge is 2.33. The number of anilines is 1. The van der Waals surface area contributed by atoms with Crippen LogP contribution < -0.4 is 16.0 Å². The van der Waals surface area contributed by atoms with Crippen molar-refractivity contribution in [1.82, 2.24) is 20.2 Å². The molecule has 1 fully saturated rings. The van der Waals surface area contributed by atoms with Crippen molar-refractivity contribution in [1.29, 1.82) is 0 Å². The Bertz CT molecular complexity index is 1400. The molecule has 8 nitrogen and oxygen atoms in total. The van der Waals surface area contributed by atoms with Crippen LogP contribution in [0.2, 0.25) is 5.02 Å². The lowest BCUT2D eigenvalue weighted by Crippen LogP contribution is -2.38. The summed E-state index contributed by atoms with van der Waals surface area (Å²) < 4.78 is 65.9. The maximum Gasteiger partial charge on any atom is 0.416 e. The van der Waals surface area contributed by atoms with Crippen molar-refractivity contribution in [3.05, 3.63) is 81.8 Å². The summed E-state index contributed by atoms with van der Waals surface area (Å²) in [5.41, 5.74) is -1.56. The summed E-state index contributed by atoms with van der Waals surface area (Å²) in [5, 5.41) is 8.31. The van der Waals surface area contributed by atoms with Gasteiger partial charge in [-0.2, -0.15) is 13.2 Å². The van der Waals surface area contributed by atoms with Crippen LogP contribution in [-0.2, 0) is 24.1 Å². The van der Waals surface area contributed by atoms with E-state index < -0.39 is 34.9 Å². The minimum atomic E-state index is -4.83. The fourth-order valence-electron chi connectivity index (χ4n) is 4.30. The van der Waals surface area contributed by atoms with Crippen LogP contribution in [0.5, 0.6) is 0 Å². The van der Waals surface area contributed by atoms with Crippen LogP contribution in [0.3, 0.4) is 0 Å². The van der Waals surface area contributed by atoms with Gasteiger partial charge in [0.05, 0.1) is 17.8 Å². The topological polar surface area (TPSA) is 105 Å². The molecule has 0 atom stereocenters. The van der Waals surface area contributed by atoms with Crippen LogP contribution in [0, 0.1) is 11.6 Å². The molecule has 0 saturated heterocycles. The summed E-state index contributed by atoms with van der Waals surface area (Å²) in [7, 11) is 0. The minimum Gasteiger partial charge on any atom is -0.349 e. The molecule has 5 rings (SSSR count). The molecule has 1 aliphatic carbocycles. The van der Waals surface area contributed by atoms with E-state index in [-0.39, 0.29) is 48.6 Å². The van der Waals surface area contributed by atoms with Crippen molar-refractivity contribution in [2.45, 2.75) is 51.0 Å².